The Morgan fingerprint density at radius 1 is 0.767 bits per heavy atom. The number of anilines is 3. The lowest BCUT2D eigenvalue weighted by Gasteiger charge is -2.25. The SMILES string of the molecule is Cc1ccc(N(c2ccc(C=C(c3ccccc3)c3ccc(C)c(C)c3)cc2)c2ccc(C=C(C#N)OC=O)s2)c(C)c1. The molecule has 212 valence electrons. The van der Waals surface area contributed by atoms with Crippen LogP contribution in [-0.4, -0.2) is 6.47 Å². The van der Waals surface area contributed by atoms with Crippen LogP contribution in [0.15, 0.2) is 109 Å². The summed E-state index contributed by atoms with van der Waals surface area (Å²) in [5.41, 5.74) is 11.6. The summed E-state index contributed by atoms with van der Waals surface area (Å²) < 4.78 is 4.79. The van der Waals surface area contributed by atoms with Crippen molar-refractivity contribution >= 4 is 51.9 Å². The van der Waals surface area contributed by atoms with Crippen molar-refractivity contribution in [2.24, 2.45) is 0 Å². The molecule has 0 radical (unpaired) electrons. The number of nitrogens with zero attached hydrogens (tertiary/aromatic N) is 2. The maximum Gasteiger partial charge on any atom is 0.299 e. The molecule has 0 saturated heterocycles. The van der Waals surface area contributed by atoms with Crippen LogP contribution in [0.3, 0.4) is 0 Å². The van der Waals surface area contributed by atoms with Gasteiger partial charge in [0.05, 0.1) is 0 Å². The van der Waals surface area contributed by atoms with E-state index < -0.39 is 0 Å². The van der Waals surface area contributed by atoms with E-state index >= 15 is 0 Å². The van der Waals surface area contributed by atoms with Gasteiger partial charge in [0.1, 0.15) is 11.1 Å². The van der Waals surface area contributed by atoms with Crippen LogP contribution < -0.4 is 4.90 Å². The van der Waals surface area contributed by atoms with Gasteiger partial charge in [-0.2, -0.15) is 5.26 Å². The molecule has 5 rings (SSSR count). The number of benzene rings is 4. The fraction of sp³-hybridized carbons (Fsp3) is 0.105. The van der Waals surface area contributed by atoms with Gasteiger partial charge in [0.25, 0.3) is 6.47 Å². The molecule has 0 fully saturated rings. The van der Waals surface area contributed by atoms with Gasteiger partial charge in [-0.1, -0.05) is 78.4 Å². The molecule has 0 unspecified atom stereocenters. The standard InChI is InChI=1S/C38H32N2O2S/c1-26-10-18-37(29(4)20-26)40(38-19-17-35(43-38)23-34(24-39)42-25-41)33-15-12-30(13-16-33)22-36(31-8-6-5-7-9-31)32-14-11-27(2)28(3)21-32/h5-23,25H,1-4H3. The van der Waals surface area contributed by atoms with Crippen LogP contribution in [0.4, 0.5) is 16.4 Å². The largest absolute Gasteiger partial charge is 0.417 e. The molecular weight excluding hydrogens is 548 g/mol. The van der Waals surface area contributed by atoms with Gasteiger partial charge < -0.3 is 9.64 Å². The molecule has 1 aromatic heterocycles. The molecule has 0 amide bonds. The predicted molar refractivity (Wildman–Crippen MR) is 179 cm³/mol. The van der Waals surface area contributed by atoms with Crippen LogP contribution in [0, 0.1) is 39.0 Å². The Morgan fingerprint density at radius 3 is 2.21 bits per heavy atom. The second kappa shape index (κ2) is 13.2. The summed E-state index contributed by atoms with van der Waals surface area (Å²) >= 11 is 1.52. The van der Waals surface area contributed by atoms with Crippen LogP contribution in [0.5, 0.6) is 0 Å². The summed E-state index contributed by atoms with van der Waals surface area (Å²) in [6.07, 6.45) is 3.82. The van der Waals surface area contributed by atoms with Crippen molar-refractivity contribution < 1.29 is 9.53 Å². The highest BCUT2D eigenvalue weighted by molar-refractivity contribution is 7.17. The number of ether oxygens (including phenoxy) is 1. The van der Waals surface area contributed by atoms with E-state index in [1.807, 2.05) is 24.3 Å². The minimum absolute atomic E-state index is 0.0457. The first-order valence-electron chi connectivity index (χ1n) is 14.0. The van der Waals surface area contributed by atoms with Crippen molar-refractivity contribution in [1.82, 2.24) is 0 Å². The molecular formula is C38H32N2O2S. The van der Waals surface area contributed by atoms with E-state index in [-0.39, 0.29) is 12.2 Å². The first-order valence-corrected chi connectivity index (χ1v) is 14.8. The fourth-order valence-electron chi connectivity index (χ4n) is 5.00. The molecule has 0 atom stereocenters. The smallest absolute Gasteiger partial charge is 0.299 e. The van der Waals surface area contributed by atoms with E-state index in [4.69, 9.17) is 4.74 Å². The number of rotatable bonds is 9. The highest BCUT2D eigenvalue weighted by Crippen LogP contribution is 2.41. The molecule has 4 nitrogen and oxygen atoms in total. The summed E-state index contributed by atoms with van der Waals surface area (Å²) in [6, 6.07) is 38.0. The van der Waals surface area contributed by atoms with E-state index in [0.29, 0.717) is 0 Å². The molecule has 0 N–H and O–H groups in total. The van der Waals surface area contributed by atoms with E-state index in [1.54, 1.807) is 6.08 Å². The normalized spacial score (nSPS) is 11.6. The first-order chi connectivity index (χ1) is 20.9. The van der Waals surface area contributed by atoms with E-state index in [9.17, 15) is 10.1 Å². The van der Waals surface area contributed by atoms with Gasteiger partial charge in [-0.25, -0.2) is 0 Å². The third kappa shape index (κ3) is 6.83. The Labute approximate surface area is 257 Å². The Bertz CT molecular complexity index is 1860. The Balaban J connectivity index is 1.57. The molecule has 0 aliphatic carbocycles. The second-order valence-electron chi connectivity index (χ2n) is 10.5. The van der Waals surface area contributed by atoms with Crippen molar-refractivity contribution in [3.05, 3.63) is 153 Å². The number of carbonyl (C=O) groups is 1. The van der Waals surface area contributed by atoms with Gasteiger partial charge >= 0.3 is 0 Å². The molecule has 0 bridgehead atoms. The summed E-state index contributed by atoms with van der Waals surface area (Å²) in [5, 5.41) is 10.3. The molecule has 0 saturated carbocycles. The molecule has 4 aromatic carbocycles. The van der Waals surface area contributed by atoms with Crippen LogP contribution >= 0.6 is 11.3 Å². The summed E-state index contributed by atoms with van der Waals surface area (Å²) in [5.74, 6) is -0.0457. The Morgan fingerprint density at radius 2 is 1.53 bits per heavy atom. The van der Waals surface area contributed by atoms with Crippen molar-refractivity contribution in [2.75, 3.05) is 4.90 Å². The van der Waals surface area contributed by atoms with Crippen LogP contribution in [-0.2, 0) is 9.53 Å². The van der Waals surface area contributed by atoms with Crippen molar-refractivity contribution in [3.63, 3.8) is 0 Å². The zero-order chi connectivity index (χ0) is 30.3. The third-order valence-corrected chi connectivity index (χ3v) is 8.37. The average molecular weight is 581 g/mol. The second-order valence-corrected chi connectivity index (χ2v) is 11.5. The lowest BCUT2D eigenvalue weighted by molar-refractivity contribution is -0.124. The van der Waals surface area contributed by atoms with E-state index in [2.05, 4.69) is 124 Å². The molecule has 5 aromatic rings. The van der Waals surface area contributed by atoms with Crippen molar-refractivity contribution in [3.8, 4) is 6.07 Å². The zero-order valence-corrected chi connectivity index (χ0v) is 25.5. The number of carbonyl (C=O) groups excluding carboxylic acids is 1. The van der Waals surface area contributed by atoms with Gasteiger partial charge in [-0.3, -0.25) is 4.79 Å². The Hall–Kier alpha value is -5.18. The maximum absolute atomic E-state index is 10.8. The molecule has 0 spiro atoms. The average Bonchev–Trinajstić information content (AvgIpc) is 3.47. The lowest BCUT2D eigenvalue weighted by atomic mass is 9.93. The van der Waals surface area contributed by atoms with Gasteiger partial charge in [-0.05, 0) is 103 Å². The van der Waals surface area contributed by atoms with Crippen LogP contribution in [0.1, 0.15) is 43.8 Å². The Kier molecular flexibility index (Phi) is 9.00. The third-order valence-electron chi connectivity index (χ3n) is 7.35. The van der Waals surface area contributed by atoms with Crippen molar-refractivity contribution in [1.29, 1.82) is 5.26 Å². The minimum atomic E-state index is -0.0457. The van der Waals surface area contributed by atoms with E-state index in [1.165, 1.54) is 44.7 Å². The number of hydrogen-bond donors (Lipinski definition) is 0. The summed E-state index contributed by atoms with van der Waals surface area (Å²) in [4.78, 5) is 13.8. The first kappa shape index (κ1) is 29.3. The molecule has 43 heavy (non-hydrogen) atoms. The molecule has 1 heterocycles. The van der Waals surface area contributed by atoms with Gasteiger partial charge in [0.15, 0.2) is 0 Å². The fourth-order valence-corrected chi connectivity index (χ4v) is 5.98. The number of allylic oxidation sites excluding steroid dienone is 1. The molecule has 0 aliphatic rings. The van der Waals surface area contributed by atoms with Crippen LogP contribution in [0.25, 0.3) is 17.7 Å². The van der Waals surface area contributed by atoms with E-state index in [0.717, 1.165) is 32.4 Å². The highest BCUT2D eigenvalue weighted by atomic mass is 32.1. The molecule has 0 aliphatic heterocycles. The number of aryl methyl sites for hydroxylation is 4. The maximum atomic E-state index is 10.8. The monoisotopic (exact) mass is 580 g/mol. The minimum Gasteiger partial charge on any atom is -0.417 e. The molecule has 5 heteroatoms. The topological polar surface area (TPSA) is 53.3 Å². The summed E-state index contributed by atoms with van der Waals surface area (Å²) in [7, 11) is 0. The van der Waals surface area contributed by atoms with Gasteiger partial charge in [-0.15, -0.1) is 11.3 Å². The highest BCUT2D eigenvalue weighted by Gasteiger charge is 2.17. The predicted octanol–water partition coefficient (Wildman–Crippen LogP) is 10.1. The van der Waals surface area contributed by atoms with Gasteiger partial charge in [0.2, 0.25) is 5.76 Å². The quantitative estimate of drug-likeness (QED) is 0.0753. The zero-order valence-electron chi connectivity index (χ0n) is 24.7. The van der Waals surface area contributed by atoms with Gasteiger partial charge in [0, 0.05) is 22.3 Å². The van der Waals surface area contributed by atoms with Crippen molar-refractivity contribution in [2.45, 2.75) is 27.7 Å². The lowest BCUT2D eigenvalue weighted by Crippen LogP contribution is -2.10. The summed E-state index contributed by atoms with van der Waals surface area (Å²) in [6.45, 7) is 8.76. The number of hydrogen-bond acceptors (Lipinski definition) is 5. The number of nitriles is 1. The van der Waals surface area contributed by atoms with Crippen LogP contribution in [0.2, 0.25) is 0 Å². The number of thiophene rings is 1.